The zero-order valence-corrected chi connectivity index (χ0v) is 12.3. The van der Waals surface area contributed by atoms with E-state index in [4.69, 9.17) is 0 Å². The third kappa shape index (κ3) is 2.93. The van der Waals surface area contributed by atoms with Crippen molar-refractivity contribution in [3.8, 4) is 0 Å². The molecule has 156 valence electrons. The highest BCUT2D eigenvalue weighted by Gasteiger charge is 2.87. The highest BCUT2D eigenvalue weighted by Crippen LogP contribution is 2.58. The zero-order chi connectivity index (χ0) is 21.1. The Kier molecular flexibility index (Phi) is 4.94. The number of ether oxygens (including phenoxy) is 4. The van der Waals surface area contributed by atoms with Crippen molar-refractivity contribution < 1.29 is 72.4 Å². The summed E-state index contributed by atoms with van der Waals surface area (Å²) in [5, 5.41) is 0. The fourth-order valence-corrected chi connectivity index (χ4v) is 2.22. The van der Waals surface area contributed by atoms with E-state index < -0.39 is 67.3 Å². The minimum Gasteiger partial charge on any atom is -0.389 e. The molecule has 0 aliphatic carbocycles. The molecule has 6 nitrogen and oxygen atoms in total. The van der Waals surface area contributed by atoms with Gasteiger partial charge in [0, 0.05) is 0 Å². The molecule has 2 aliphatic heterocycles. The molecule has 2 rings (SSSR count). The van der Waals surface area contributed by atoms with Gasteiger partial charge in [0.2, 0.25) is 11.8 Å². The smallest absolute Gasteiger partial charge is 0.389 e. The predicted molar refractivity (Wildman–Crippen MR) is 56.4 cm³/mol. The number of esters is 2. The maximum atomic E-state index is 13.9. The van der Waals surface area contributed by atoms with Crippen LogP contribution < -0.4 is 0 Å². The summed E-state index contributed by atoms with van der Waals surface area (Å²) in [5.41, 5.74) is -4.51. The minimum atomic E-state index is -6.22. The third-order valence-corrected chi connectivity index (χ3v) is 3.46. The molecule has 2 saturated heterocycles. The van der Waals surface area contributed by atoms with E-state index in [1.807, 2.05) is 0 Å². The van der Waals surface area contributed by atoms with Gasteiger partial charge in [-0.3, -0.25) is 9.47 Å². The van der Waals surface area contributed by atoms with Crippen molar-refractivity contribution in [1.29, 1.82) is 0 Å². The number of cyclic esters (lactones) is 2. The van der Waals surface area contributed by atoms with Crippen LogP contribution in [0.4, 0.5) is 43.9 Å². The molecule has 16 heteroatoms. The van der Waals surface area contributed by atoms with Gasteiger partial charge in [0.1, 0.15) is 6.67 Å². The Hall–Kier alpha value is -1.68. The molecule has 0 aromatic heterocycles. The summed E-state index contributed by atoms with van der Waals surface area (Å²) in [6.07, 6.45) is -26.3. The summed E-state index contributed by atoms with van der Waals surface area (Å²) in [4.78, 5) is 22.4. The molecule has 0 radical (unpaired) electrons. The summed E-state index contributed by atoms with van der Waals surface area (Å²) >= 11 is 0. The summed E-state index contributed by atoms with van der Waals surface area (Å²) in [6, 6.07) is 0. The minimum absolute atomic E-state index is 1.70. The van der Waals surface area contributed by atoms with Crippen LogP contribution in [-0.4, -0.2) is 67.3 Å². The van der Waals surface area contributed by atoms with Crippen molar-refractivity contribution in [1.82, 2.24) is 0 Å². The van der Waals surface area contributed by atoms with Gasteiger partial charge in [0.05, 0.1) is 6.61 Å². The van der Waals surface area contributed by atoms with Crippen LogP contribution in [0.1, 0.15) is 0 Å². The van der Waals surface area contributed by atoms with Gasteiger partial charge in [-0.15, -0.1) is 0 Å². The number of alkyl halides is 10. The van der Waals surface area contributed by atoms with Crippen molar-refractivity contribution in [2.45, 2.75) is 42.1 Å². The topological polar surface area (TPSA) is 71.1 Å². The first-order chi connectivity index (χ1) is 12.1. The van der Waals surface area contributed by atoms with E-state index in [0.717, 1.165) is 0 Å². The lowest BCUT2D eigenvalue weighted by molar-refractivity contribution is -0.451. The maximum absolute atomic E-state index is 13.9. The van der Waals surface area contributed by atoms with E-state index in [1.165, 1.54) is 0 Å². The summed E-state index contributed by atoms with van der Waals surface area (Å²) in [5.74, 6) is -11.0. The van der Waals surface area contributed by atoms with Crippen molar-refractivity contribution in [3.05, 3.63) is 0 Å². The summed E-state index contributed by atoms with van der Waals surface area (Å²) < 4.78 is 146. The average molecular weight is 424 g/mol. The van der Waals surface area contributed by atoms with E-state index >= 15 is 0 Å². The lowest BCUT2D eigenvalue weighted by Crippen LogP contribution is -2.61. The first-order valence-electron chi connectivity index (χ1n) is 6.56. The van der Waals surface area contributed by atoms with Crippen LogP contribution in [0.15, 0.2) is 0 Å². The predicted octanol–water partition coefficient (Wildman–Crippen LogP) is 1.96. The van der Waals surface area contributed by atoms with Crippen molar-refractivity contribution in [3.63, 3.8) is 0 Å². The fraction of sp³-hybridized carbons (Fsp3) is 0.818. The van der Waals surface area contributed by atoms with Crippen LogP contribution in [0.25, 0.3) is 0 Å². The Balaban J connectivity index is 2.50. The molecule has 0 N–H and O–H groups in total. The van der Waals surface area contributed by atoms with Crippen molar-refractivity contribution >= 4 is 11.9 Å². The molecule has 2 fully saturated rings. The van der Waals surface area contributed by atoms with Crippen LogP contribution in [-0.2, 0) is 28.5 Å². The molecule has 27 heavy (non-hydrogen) atoms. The molecule has 0 amide bonds. The zero-order valence-electron chi connectivity index (χ0n) is 12.3. The number of hydrogen-bond acceptors (Lipinski definition) is 6. The van der Waals surface area contributed by atoms with Crippen LogP contribution >= 0.6 is 0 Å². The molecular formula is C11H6F10O6. The number of carbonyl (C=O) groups excluding carboxylic acids is 2. The second-order valence-corrected chi connectivity index (χ2v) is 5.17. The molecular weight excluding hydrogens is 418 g/mol. The van der Waals surface area contributed by atoms with Crippen LogP contribution in [0, 0.1) is 0 Å². The van der Waals surface area contributed by atoms with E-state index in [2.05, 4.69) is 18.9 Å². The lowest BCUT2D eigenvalue weighted by atomic mass is 9.91. The Morgan fingerprint density at radius 2 is 1.59 bits per heavy atom. The van der Waals surface area contributed by atoms with E-state index in [0.29, 0.717) is 0 Å². The largest absolute Gasteiger partial charge is 0.448 e. The maximum Gasteiger partial charge on any atom is 0.448 e. The van der Waals surface area contributed by atoms with E-state index in [1.54, 1.807) is 0 Å². The standard InChI is InChI=1S/C11H6F10O6/c12-1-2-24-10(18,19)11(20,21)26-5-7(3(13)4(22)25-6(7)23)27-9(16,17)8(5,14)15/h3,5H,1-2H2/t3-,5+,7?/m0/s1. The van der Waals surface area contributed by atoms with Gasteiger partial charge >= 0.3 is 36.2 Å². The van der Waals surface area contributed by atoms with E-state index in [-0.39, 0.29) is 0 Å². The normalized spacial score (nSPS) is 33.0. The SMILES string of the molecule is O=C1OC(=O)C2(OC(F)(F)C(F)(F)[C@@H]2OC(F)(F)C(F)(F)OCCF)[C@H]1F. The molecule has 0 saturated carbocycles. The van der Waals surface area contributed by atoms with Gasteiger partial charge in [0.15, 0.2) is 6.10 Å². The van der Waals surface area contributed by atoms with Crippen LogP contribution in [0.5, 0.6) is 0 Å². The summed E-state index contributed by atoms with van der Waals surface area (Å²) in [6.45, 7) is -3.44. The number of hydrogen-bond donors (Lipinski definition) is 0. The average Bonchev–Trinajstić information content (AvgIpc) is 2.82. The second kappa shape index (κ2) is 6.16. The Labute approximate surface area is 141 Å². The first kappa shape index (κ1) is 21.6. The molecule has 0 aromatic carbocycles. The van der Waals surface area contributed by atoms with Crippen molar-refractivity contribution in [2.24, 2.45) is 0 Å². The number of halogens is 10. The van der Waals surface area contributed by atoms with Gasteiger partial charge in [-0.1, -0.05) is 0 Å². The Bertz CT molecular complexity index is 639. The quantitative estimate of drug-likeness (QED) is 0.369. The summed E-state index contributed by atoms with van der Waals surface area (Å²) in [7, 11) is 0. The van der Waals surface area contributed by atoms with Crippen LogP contribution in [0.3, 0.4) is 0 Å². The van der Waals surface area contributed by atoms with Gasteiger partial charge in [-0.2, -0.15) is 35.1 Å². The third-order valence-electron chi connectivity index (χ3n) is 3.46. The van der Waals surface area contributed by atoms with Gasteiger partial charge in [0.25, 0.3) is 0 Å². The number of rotatable bonds is 6. The lowest BCUT2D eigenvalue weighted by Gasteiger charge is -2.33. The second-order valence-electron chi connectivity index (χ2n) is 5.17. The van der Waals surface area contributed by atoms with Crippen LogP contribution in [0.2, 0.25) is 0 Å². The monoisotopic (exact) mass is 424 g/mol. The fourth-order valence-electron chi connectivity index (χ4n) is 2.22. The van der Waals surface area contributed by atoms with Gasteiger partial charge in [-0.05, 0) is 0 Å². The highest BCUT2D eigenvalue weighted by molar-refractivity contribution is 6.03. The highest BCUT2D eigenvalue weighted by atomic mass is 19.3. The molecule has 1 unspecified atom stereocenters. The van der Waals surface area contributed by atoms with Gasteiger partial charge in [-0.25, -0.2) is 18.4 Å². The first-order valence-corrected chi connectivity index (χ1v) is 6.56. The molecule has 1 spiro atoms. The Morgan fingerprint density at radius 1 is 1.04 bits per heavy atom. The molecule has 0 bridgehead atoms. The Morgan fingerprint density at radius 3 is 2.04 bits per heavy atom. The van der Waals surface area contributed by atoms with E-state index in [9.17, 15) is 53.5 Å². The molecule has 3 atom stereocenters. The number of carbonyl (C=O) groups is 2. The molecule has 2 heterocycles. The van der Waals surface area contributed by atoms with Crippen molar-refractivity contribution in [2.75, 3.05) is 13.3 Å². The molecule has 2 aliphatic rings. The van der Waals surface area contributed by atoms with Gasteiger partial charge < -0.3 is 9.47 Å². The molecule has 0 aromatic rings.